The number of hydrogen-bond acceptors (Lipinski definition) is 5. The first-order valence-electron chi connectivity index (χ1n) is 8.98. The lowest BCUT2D eigenvalue weighted by molar-refractivity contribution is -0.122. The van der Waals surface area contributed by atoms with Gasteiger partial charge in [-0.05, 0) is 62.2 Å². The molecule has 6 heteroatoms. The first-order chi connectivity index (χ1) is 13.4. The van der Waals surface area contributed by atoms with Gasteiger partial charge < -0.3 is 14.8 Å². The standard InChI is InChI=1S/C22H23N3O3/c1-14-11-15(2)13-19(12-14)28-16(3)22(26)23-18-7-5-17(6-8-18)20-9-10-21(27-4)25-24-20/h5-13,16H,1-4H3,(H,23,26). The molecule has 0 aliphatic heterocycles. The molecule has 28 heavy (non-hydrogen) atoms. The molecule has 1 amide bonds. The van der Waals surface area contributed by atoms with Crippen LogP contribution in [0, 0.1) is 13.8 Å². The number of hydrogen-bond donors (Lipinski definition) is 1. The van der Waals surface area contributed by atoms with Crippen LogP contribution in [-0.2, 0) is 4.79 Å². The number of carbonyl (C=O) groups excluding carboxylic acids is 1. The van der Waals surface area contributed by atoms with Gasteiger partial charge in [-0.25, -0.2) is 0 Å². The minimum Gasteiger partial charge on any atom is -0.481 e. The number of amides is 1. The lowest BCUT2D eigenvalue weighted by atomic mass is 10.1. The number of carbonyl (C=O) groups is 1. The first kappa shape index (κ1) is 19.4. The third-order valence-corrected chi connectivity index (χ3v) is 4.17. The maximum Gasteiger partial charge on any atom is 0.265 e. The van der Waals surface area contributed by atoms with E-state index in [-0.39, 0.29) is 5.91 Å². The maximum absolute atomic E-state index is 12.4. The van der Waals surface area contributed by atoms with Crippen LogP contribution in [0.2, 0.25) is 0 Å². The van der Waals surface area contributed by atoms with Crippen LogP contribution in [0.3, 0.4) is 0 Å². The van der Waals surface area contributed by atoms with E-state index in [4.69, 9.17) is 9.47 Å². The molecule has 1 atom stereocenters. The average Bonchev–Trinajstić information content (AvgIpc) is 2.68. The fourth-order valence-electron chi connectivity index (χ4n) is 2.81. The van der Waals surface area contributed by atoms with Crippen LogP contribution >= 0.6 is 0 Å². The minimum atomic E-state index is -0.617. The van der Waals surface area contributed by atoms with E-state index in [1.54, 1.807) is 20.1 Å². The monoisotopic (exact) mass is 377 g/mol. The van der Waals surface area contributed by atoms with Gasteiger partial charge in [0.15, 0.2) is 6.10 Å². The van der Waals surface area contributed by atoms with Crippen LogP contribution in [0.1, 0.15) is 18.1 Å². The summed E-state index contributed by atoms with van der Waals surface area (Å²) >= 11 is 0. The molecule has 1 unspecified atom stereocenters. The van der Waals surface area contributed by atoms with Crippen LogP contribution in [0.15, 0.2) is 54.6 Å². The Balaban J connectivity index is 1.63. The summed E-state index contributed by atoms with van der Waals surface area (Å²) in [5, 5.41) is 10.9. The van der Waals surface area contributed by atoms with E-state index >= 15 is 0 Å². The molecule has 0 saturated heterocycles. The molecule has 2 aromatic carbocycles. The normalized spacial score (nSPS) is 11.6. The maximum atomic E-state index is 12.4. The zero-order chi connectivity index (χ0) is 20.1. The third-order valence-electron chi connectivity index (χ3n) is 4.17. The number of benzene rings is 2. The Labute approximate surface area is 164 Å². The van der Waals surface area contributed by atoms with E-state index in [0.29, 0.717) is 17.3 Å². The van der Waals surface area contributed by atoms with Gasteiger partial charge in [-0.3, -0.25) is 4.79 Å². The van der Waals surface area contributed by atoms with E-state index in [1.807, 2.05) is 56.3 Å². The molecule has 1 aromatic heterocycles. The van der Waals surface area contributed by atoms with Crippen LogP contribution < -0.4 is 14.8 Å². The van der Waals surface area contributed by atoms with Crippen molar-refractivity contribution in [1.29, 1.82) is 0 Å². The first-order valence-corrected chi connectivity index (χ1v) is 8.98. The highest BCUT2D eigenvalue weighted by molar-refractivity contribution is 5.94. The molecule has 144 valence electrons. The average molecular weight is 377 g/mol. The molecule has 3 rings (SSSR count). The van der Waals surface area contributed by atoms with Crippen molar-refractivity contribution in [2.75, 3.05) is 12.4 Å². The Morgan fingerprint density at radius 3 is 2.21 bits per heavy atom. The number of aryl methyl sites for hydroxylation is 2. The molecular formula is C22H23N3O3. The molecule has 6 nitrogen and oxygen atoms in total. The molecule has 0 saturated carbocycles. The summed E-state index contributed by atoms with van der Waals surface area (Å²) in [6, 6.07) is 16.9. The van der Waals surface area contributed by atoms with Gasteiger partial charge in [0.25, 0.3) is 5.91 Å². The highest BCUT2D eigenvalue weighted by atomic mass is 16.5. The fourth-order valence-corrected chi connectivity index (χ4v) is 2.81. The van der Waals surface area contributed by atoms with E-state index in [1.165, 1.54) is 0 Å². The van der Waals surface area contributed by atoms with Crippen molar-refractivity contribution < 1.29 is 14.3 Å². The lowest BCUT2D eigenvalue weighted by Gasteiger charge is -2.16. The Morgan fingerprint density at radius 2 is 1.64 bits per heavy atom. The van der Waals surface area contributed by atoms with Crippen LogP contribution in [0.4, 0.5) is 5.69 Å². The minimum absolute atomic E-state index is 0.212. The molecule has 0 bridgehead atoms. The molecule has 0 radical (unpaired) electrons. The molecule has 0 fully saturated rings. The van der Waals surface area contributed by atoms with Crippen LogP contribution in [0.25, 0.3) is 11.3 Å². The largest absolute Gasteiger partial charge is 0.481 e. The Morgan fingerprint density at radius 1 is 0.964 bits per heavy atom. The van der Waals surface area contributed by atoms with Gasteiger partial charge in [0.2, 0.25) is 5.88 Å². The molecule has 0 spiro atoms. The van der Waals surface area contributed by atoms with Crippen molar-refractivity contribution in [1.82, 2.24) is 10.2 Å². The molecule has 1 N–H and O–H groups in total. The SMILES string of the molecule is COc1ccc(-c2ccc(NC(=O)C(C)Oc3cc(C)cc(C)c3)cc2)nn1. The number of aromatic nitrogens is 2. The summed E-state index contributed by atoms with van der Waals surface area (Å²) in [5.41, 5.74) is 4.50. The molecule has 1 heterocycles. The van der Waals surface area contributed by atoms with Crippen molar-refractivity contribution in [2.45, 2.75) is 26.9 Å². The number of nitrogens with zero attached hydrogens (tertiary/aromatic N) is 2. The number of nitrogens with one attached hydrogen (secondary N) is 1. The van der Waals surface area contributed by atoms with Crippen molar-refractivity contribution in [3.63, 3.8) is 0 Å². The summed E-state index contributed by atoms with van der Waals surface area (Å²) in [5.74, 6) is 0.940. The van der Waals surface area contributed by atoms with E-state index in [9.17, 15) is 4.79 Å². The molecule has 0 aliphatic rings. The predicted molar refractivity (Wildman–Crippen MR) is 109 cm³/mol. The Bertz CT molecular complexity index is 934. The zero-order valence-electron chi connectivity index (χ0n) is 16.4. The van der Waals surface area contributed by atoms with E-state index in [0.717, 1.165) is 22.4 Å². The number of ether oxygens (including phenoxy) is 2. The summed E-state index contributed by atoms with van der Waals surface area (Å²) in [4.78, 5) is 12.4. The van der Waals surface area contributed by atoms with Gasteiger partial charge in [-0.15, -0.1) is 10.2 Å². The summed E-state index contributed by atoms with van der Waals surface area (Å²) in [7, 11) is 1.55. The van der Waals surface area contributed by atoms with Gasteiger partial charge in [0.05, 0.1) is 12.8 Å². The lowest BCUT2D eigenvalue weighted by Crippen LogP contribution is -2.30. The second-order valence-corrected chi connectivity index (χ2v) is 6.61. The molecular weight excluding hydrogens is 354 g/mol. The van der Waals surface area contributed by atoms with Gasteiger partial charge in [0.1, 0.15) is 5.75 Å². The Hall–Kier alpha value is -3.41. The van der Waals surface area contributed by atoms with E-state index in [2.05, 4.69) is 21.6 Å². The second kappa shape index (κ2) is 8.52. The molecule has 0 aliphatic carbocycles. The van der Waals surface area contributed by atoms with Crippen LogP contribution in [-0.4, -0.2) is 29.3 Å². The second-order valence-electron chi connectivity index (χ2n) is 6.61. The van der Waals surface area contributed by atoms with Gasteiger partial charge in [0, 0.05) is 17.3 Å². The van der Waals surface area contributed by atoms with Crippen molar-refractivity contribution in [2.24, 2.45) is 0 Å². The van der Waals surface area contributed by atoms with Crippen molar-refractivity contribution in [3.8, 4) is 22.9 Å². The number of rotatable bonds is 6. The summed E-state index contributed by atoms with van der Waals surface area (Å²) in [6.07, 6.45) is -0.617. The highest BCUT2D eigenvalue weighted by Gasteiger charge is 2.15. The Kier molecular flexibility index (Phi) is 5.89. The molecule has 3 aromatic rings. The number of anilines is 1. The van der Waals surface area contributed by atoms with E-state index < -0.39 is 6.10 Å². The van der Waals surface area contributed by atoms with Gasteiger partial charge >= 0.3 is 0 Å². The van der Waals surface area contributed by atoms with Crippen LogP contribution in [0.5, 0.6) is 11.6 Å². The topological polar surface area (TPSA) is 73.3 Å². The zero-order valence-corrected chi connectivity index (χ0v) is 16.4. The smallest absolute Gasteiger partial charge is 0.265 e. The quantitative estimate of drug-likeness (QED) is 0.698. The summed E-state index contributed by atoms with van der Waals surface area (Å²) in [6.45, 7) is 5.73. The number of methoxy groups -OCH3 is 1. The van der Waals surface area contributed by atoms with Crippen molar-refractivity contribution in [3.05, 3.63) is 65.7 Å². The van der Waals surface area contributed by atoms with Crippen molar-refractivity contribution >= 4 is 11.6 Å². The van der Waals surface area contributed by atoms with Gasteiger partial charge in [-0.2, -0.15) is 0 Å². The summed E-state index contributed by atoms with van der Waals surface area (Å²) < 4.78 is 10.8. The third kappa shape index (κ3) is 4.85. The highest BCUT2D eigenvalue weighted by Crippen LogP contribution is 2.21. The predicted octanol–water partition coefficient (Wildman–Crippen LogP) is 4.18. The van der Waals surface area contributed by atoms with Gasteiger partial charge in [-0.1, -0.05) is 18.2 Å². The fraction of sp³-hybridized carbons (Fsp3) is 0.227.